The van der Waals surface area contributed by atoms with Gasteiger partial charge in [0.15, 0.2) is 0 Å². The topological polar surface area (TPSA) is 48.8 Å². The first kappa shape index (κ1) is 17.3. The lowest BCUT2D eigenvalue weighted by molar-refractivity contribution is 1.42. The van der Waals surface area contributed by atoms with Crippen molar-refractivity contribution in [2.45, 2.75) is 0 Å². The van der Waals surface area contributed by atoms with E-state index in [-0.39, 0.29) is 0 Å². The molecule has 2 aliphatic heterocycles. The molecule has 0 aromatic heterocycles. The van der Waals surface area contributed by atoms with Crippen LogP contribution in [0.4, 0.5) is 22.7 Å². The molecule has 0 amide bonds. The number of nitrogens with zero attached hydrogens (tertiary/aromatic N) is 2. The van der Waals surface area contributed by atoms with Gasteiger partial charge in [0, 0.05) is 33.3 Å². The Bertz CT molecular complexity index is 1500. The minimum atomic E-state index is 0.827. The molecule has 4 nitrogen and oxygen atoms in total. The van der Waals surface area contributed by atoms with E-state index in [4.69, 9.17) is 9.98 Å². The van der Waals surface area contributed by atoms with Gasteiger partial charge in [0.1, 0.15) is 11.7 Å². The van der Waals surface area contributed by atoms with E-state index in [1.54, 1.807) is 0 Å². The first-order chi connectivity index (χ1) is 15.8. The smallest absolute Gasteiger partial charge is 0.139 e. The van der Waals surface area contributed by atoms with Crippen molar-refractivity contribution < 1.29 is 0 Å². The summed E-state index contributed by atoms with van der Waals surface area (Å²) in [6, 6.07) is 33.4. The largest absolute Gasteiger partial charge is 0.339 e. The molecule has 0 unspecified atom stereocenters. The molecular formula is C28H18N4. The molecule has 0 spiro atoms. The van der Waals surface area contributed by atoms with E-state index in [1.807, 2.05) is 12.1 Å². The summed E-state index contributed by atoms with van der Waals surface area (Å²) in [4.78, 5) is 9.99. The van der Waals surface area contributed by atoms with Gasteiger partial charge in [-0.05, 0) is 35.0 Å². The Morgan fingerprint density at radius 2 is 0.875 bits per heavy atom. The molecule has 0 saturated heterocycles. The van der Waals surface area contributed by atoms with Crippen LogP contribution in [-0.4, -0.2) is 11.7 Å². The fourth-order valence-electron chi connectivity index (χ4n) is 4.74. The summed E-state index contributed by atoms with van der Waals surface area (Å²) in [6.07, 6.45) is 0. The van der Waals surface area contributed by atoms with Gasteiger partial charge >= 0.3 is 0 Å². The third-order valence-electron chi connectivity index (χ3n) is 6.17. The van der Waals surface area contributed by atoms with Crippen LogP contribution in [-0.2, 0) is 0 Å². The maximum absolute atomic E-state index is 5.00. The third-order valence-corrected chi connectivity index (χ3v) is 6.17. The van der Waals surface area contributed by atoms with Crippen molar-refractivity contribution in [1.82, 2.24) is 0 Å². The number of hydrogen-bond donors (Lipinski definition) is 2. The molecule has 2 aliphatic rings. The van der Waals surface area contributed by atoms with E-state index in [1.165, 1.54) is 10.8 Å². The molecule has 2 heterocycles. The van der Waals surface area contributed by atoms with Gasteiger partial charge in [0.2, 0.25) is 0 Å². The lowest BCUT2D eigenvalue weighted by Gasteiger charge is -2.23. The molecule has 0 saturated carbocycles. The highest BCUT2D eigenvalue weighted by Gasteiger charge is 2.22. The van der Waals surface area contributed by atoms with E-state index < -0.39 is 0 Å². The van der Waals surface area contributed by atoms with Gasteiger partial charge in [-0.3, -0.25) is 0 Å². The normalized spacial score (nSPS) is 13.9. The fourth-order valence-corrected chi connectivity index (χ4v) is 4.74. The molecule has 0 fully saturated rings. The van der Waals surface area contributed by atoms with Crippen molar-refractivity contribution in [2.24, 2.45) is 9.98 Å². The molecule has 150 valence electrons. The summed E-state index contributed by atoms with van der Waals surface area (Å²) in [6.45, 7) is 0. The lowest BCUT2D eigenvalue weighted by Crippen LogP contribution is -2.23. The van der Waals surface area contributed by atoms with E-state index in [2.05, 4.69) is 95.6 Å². The molecular weight excluding hydrogens is 392 g/mol. The SMILES string of the molecule is c1ccc(C2=Nc3cccc4cccc(c34)N2)c(C2=Nc3cccc4cccc(c34)N2)c1. The van der Waals surface area contributed by atoms with Gasteiger partial charge in [-0.15, -0.1) is 0 Å². The van der Waals surface area contributed by atoms with Crippen LogP contribution in [0.25, 0.3) is 21.5 Å². The van der Waals surface area contributed by atoms with Crippen molar-refractivity contribution in [3.8, 4) is 0 Å². The van der Waals surface area contributed by atoms with Gasteiger partial charge in [0.25, 0.3) is 0 Å². The number of hydrogen-bond acceptors (Lipinski definition) is 4. The summed E-state index contributed by atoms with van der Waals surface area (Å²) < 4.78 is 0. The second kappa shape index (κ2) is 6.53. The predicted octanol–water partition coefficient (Wildman–Crippen LogP) is 7.00. The van der Waals surface area contributed by atoms with Gasteiger partial charge in [-0.25, -0.2) is 9.98 Å². The third kappa shape index (κ3) is 2.50. The lowest BCUT2D eigenvalue weighted by atomic mass is 10.00. The molecule has 2 N–H and O–H groups in total. The Labute approximate surface area is 185 Å². The maximum atomic E-state index is 5.00. The van der Waals surface area contributed by atoms with Crippen molar-refractivity contribution >= 4 is 56.0 Å². The Balaban J connectivity index is 1.40. The maximum Gasteiger partial charge on any atom is 0.139 e. The van der Waals surface area contributed by atoms with Crippen molar-refractivity contribution in [1.29, 1.82) is 0 Å². The summed E-state index contributed by atoms with van der Waals surface area (Å²) in [5.41, 5.74) is 6.14. The second-order valence-corrected chi connectivity index (χ2v) is 8.08. The Morgan fingerprint density at radius 1 is 0.438 bits per heavy atom. The zero-order valence-electron chi connectivity index (χ0n) is 17.1. The minimum absolute atomic E-state index is 0.827. The number of anilines is 2. The standard InChI is InChI=1S/C28H18N4/c1-2-12-20(28-31-23-15-5-9-18-10-6-16-24(32-28)26(18)23)19(11-1)27-29-21-13-3-7-17-8-4-14-22(30-27)25(17)21/h1-16H,(H,29,30)(H,31,32). The zero-order valence-corrected chi connectivity index (χ0v) is 17.1. The van der Waals surface area contributed by atoms with Crippen molar-refractivity contribution in [3.63, 3.8) is 0 Å². The number of nitrogens with one attached hydrogen (secondary N) is 2. The molecule has 0 radical (unpaired) electrons. The van der Waals surface area contributed by atoms with E-state index >= 15 is 0 Å². The van der Waals surface area contributed by atoms with Crippen LogP contribution in [0.2, 0.25) is 0 Å². The molecule has 0 bridgehead atoms. The van der Waals surface area contributed by atoms with Crippen LogP contribution in [0.3, 0.4) is 0 Å². The van der Waals surface area contributed by atoms with Crippen LogP contribution in [0, 0.1) is 0 Å². The van der Waals surface area contributed by atoms with Crippen molar-refractivity contribution in [3.05, 3.63) is 108 Å². The fraction of sp³-hybridized carbons (Fsp3) is 0. The Kier molecular flexibility index (Phi) is 3.52. The van der Waals surface area contributed by atoms with Crippen LogP contribution in [0.5, 0.6) is 0 Å². The minimum Gasteiger partial charge on any atom is -0.339 e. The average Bonchev–Trinajstić information content (AvgIpc) is 2.85. The number of benzene rings is 5. The molecule has 32 heavy (non-hydrogen) atoms. The average molecular weight is 410 g/mol. The Hall–Kier alpha value is -4.44. The van der Waals surface area contributed by atoms with E-state index in [0.29, 0.717) is 0 Å². The highest BCUT2D eigenvalue weighted by Crippen LogP contribution is 2.38. The van der Waals surface area contributed by atoms with Gasteiger partial charge in [-0.1, -0.05) is 72.8 Å². The highest BCUT2D eigenvalue weighted by atomic mass is 15.0. The molecule has 4 heteroatoms. The summed E-state index contributed by atoms with van der Waals surface area (Å²) >= 11 is 0. The predicted molar refractivity (Wildman–Crippen MR) is 134 cm³/mol. The molecule has 5 aromatic rings. The van der Waals surface area contributed by atoms with Crippen LogP contribution < -0.4 is 10.6 Å². The molecule has 7 rings (SSSR count). The summed E-state index contributed by atoms with van der Waals surface area (Å²) in [5, 5.41) is 11.8. The van der Waals surface area contributed by atoms with E-state index in [9.17, 15) is 0 Å². The number of rotatable bonds is 2. The summed E-state index contributed by atoms with van der Waals surface area (Å²) in [7, 11) is 0. The molecule has 5 aromatic carbocycles. The second-order valence-electron chi connectivity index (χ2n) is 8.08. The quantitative estimate of drug-likeness (QED) is 0.329. The van der Waals surface area contributed by atoms with E-state index in [0.717, 1.165) is 56.3 Å². The number of amidine groups is 2. The van der Waals surface area contributed by atoms with Crippen LogP contribution >= 0.6 is 0 Å². The zero-order chi connectivity index (χ0) is 21.1. The first-order valence-corrected chi connectivity index (χ1v) is 10.7. The van der Waals surface area contributed by atoms with Crippen molar-refractivity contribution in [2.75, 3.05) is 10.6 Å². The highest BCUT2D eigenvalue weighted by molar-refractivity contribution is 6.26. The van der Waals surface area contributed by atoms with Crippen LogP contribution in [0.15, 0.2) is 107 Å². The van der Waals surface area contributed by atoms with Gasteiger partial charge in [0.05, 0.1) is 11.4 Å². The monoisotopic (exact) mass is 410 g/mol. The summed E-state index contributed by atoms with van der Waals surface area (Å²) in [5.74, 6) is 1.65. The van der Waals surface area contributed by atoms with Crippen LogP contribution in [0.1, 0.15) is 11.1 Å². The molecule has 0 atom stereocenters. The first-order valence-electron chi connectivity index (χ1n) is 10.7. The molecule has 0 aliphatic carbocycles. The Morgan fingerprint density at radius 3 is 1.34 bits per heavy atom. The van der Waals surface area contributed by atoms with Gasteiger partial charge < -0.3 is 10.6 Å². The number of aliphatic imine (C=N–C) groups is 2. The van der Waals surface area contributed by atoms with Gasteiger partial charge in [-0.2, -0.15) is 0 Å².